The average Bonchev–Trinajstić information content (AvgIpc) is 2.77. The van der Waals surface area contributed by atoms with Crippen LogP contribution in [0.15, 0.2) is 11.4 Å². The topological polar surface area (TPSA) is 30.5 Å². The zero-order valence-corrected chi connectivity index (χ0v) is 12.0. The lowest BCUT2D eigenvalue weighted by atomic mass is 10.2. The number of nitrogens with one attached hydrogen (secondary N) is 1. The maximum absolute atomic E-state index is 5.71. The quantitative estimate of drug-likeness (QED) is 0.775. The first-order chi connectivity index (χ1) is 8.19. The second kappa shape index (κ2) is 7.69. The molecule has 0 saturated heterocycles. The van der Waals surface area contributed by atoms with Gasteiger partial charge < -0.3 is 14.8 Å². The van der Waals surface area contributed by atoms with Crippen molar-refractivity contribution < 1.29 is 9.47 Å². The Morgan fingerprint density at radius 3 is 2.76 bits per heavy atom. The van der Waals surface area contributed by atoms with Crippen molar-refractivity contribution in [3.63, 3.8) is 0 Å². The molecule has 0 radical (unpaired) electrons. The SMILES string of the molecule is CCCNC(COC(C)C)c1sccc1OC. The molecule has 0 aliphatic rings. The summed E-state index contributed by atoms with van der Waals surface area (Å²) in [6.45, 7) is 7.96. The highest BCUT2D eigenvalue weighted by atomic mass is 32.1. The largest absolute Gasteiger partial charge is 0.496 e. The number of ether oxygens (including phenoxy) is 2. The molecule has 1 heterocycles. The number of thiophene rings is 1. The molecule has 0 aliphatic heterocycles. The number of hydrogen-bond acceptors (Lipinski definition) is 4. The van der Waals surface area contributed by atoms with Gasteiger partial charge in [-0.05, 0) is 38.3 Å². The van der Waals surface area contributed by atoms with Gasteiger partial charge in [0.15, 0.2) is 0 Å². The molecular weight excluding hydrogens is 234 g/mol. The van der Waals surface area contributed by atoms with Gasteiger partial charge in [-0.2, -0.15) is 0 Å². The van der Waals surface area contributed by atoms with Gasteiger partial charge >= 0.3 is 0 Å². The molecule has 0 bridgehead atoms. The van der Waals surface area contributed by atoms with Gasteiger partial charge in [0, 0.05) is 0 Å². The van der Waals surface area contributed by atoms with E-state index in [0.29, 0.717) is 6.61 Å². The molecule has 1 atom stereocenters. The Morgan fingerprint density at radius 2 is 2.18 bits per heavy atom. The highest BCUT2D eigenvalue weighted by molar-refractivity contribution is 7.10. The molecular formula is C13H23NO2S. The molecule has 17 heavy (non-hydrogen) atoms. The highest BCUT2D eigenvalue weighted by Gasteiger charge is 2.17. The molecule has 3 nitrogen and oxygen atoms in total. The summed E-state index contributed by atoms with van der Waals surface area (Å²) in [6.07, 6.45) is 1.37. The molecule has 1 unspecified atom stereocenters. The van der Waals surface area contributed by atoms with Gasteiger partial charge in [-0.3, -0.25) is 0 Å². The number of methoxy groups -OCH3 is 1. The van der Waals surface area contributed by atoms with Crippen LogP contribution < -0.4 is 10.1 Å². The third-order valence-corrected chi connectivity index (χ3v) is 3.44. The molecule has 4 heteroatoms. The fourth-order valence-corrected chi connectivity index (χ4v) is 2.49. The van der Waals surface area contributed by atoms with E-state index in [2.05, 4.69) is 31.5 Å². The van der Waals surface area contributed by atoms with Crippen molar-refractivity contribution in [3.05, 3.63) is 16.3 Å². The van der Waals surface area contributed by atoms with Gasteiger partial charge in [-0.25, -0.2) is 0 Å². The molecule has 0 aromatic carbocycles. The maximum atomic E-state index is 5.71. The lowest BCUT2D eigenvalue weighted by molar-refractivity contribution is 0.0613. The van der Waals surface area contributed by atoms with Crippen LogP contribution in [-0.2, 0) is 4.74 Å². The van der Waals surface area contributed by atoms with E-state index in [-0.39, 0.29) is 12.1 Å². The van der Waals surface area contributed by atoms with Gasteiger partial charge in [0.2, 0.25) is 0 Å². The van der Waals surface area contributed by atoms with E-state index in [9.17, 15) is 0 Å². The summed E-state index contributed by atoms with van der Waals surface area (Å²) in [6, 6.07) is 2.24. The van der Waals surface area contributed by atoms with Crippen LogP contribution >= 0.6 is 11.3 Å². The molecule has 1 aromatic rings. The monoisotopic (exact) mass is 257 g/mol. The normalized spacial score (nSPS) is 13.0. The number of rotatable bonds is 8. The molecule has 0 amide bonds. The van der Waals surface area contributed by atoms with E-state index in [1.807, 2.05) is 6.07 Å². The molecule has 0 spiro atoms. The van der Waals surface area contributed by atoms with Crippen LogP contribution in [0.5, 0.6) is 5.75 Å². The van der Waals surface area contributed by atoms with Crippen LogP contribution in [0.4, 0.5) is 0 Å². The van der Waals surface area contributed by atoms with Crippen LogP contribution in [0, 0.1) is 0 Å². The molecule has 1 aromatic heterocycles. The van der Waals surface area contributed by atoms with Crippen molar-refractivity contribution in [1.82, 2.24) is 5.32 Å². The third-order valence-electron chi connectivity index (χ3n) is 2.43. The summed E-state index contributed by atoms with van der Waals surface area (Å²) in [4.78, 5) is 1.22. The fraction of sp³-hybridized carbons (Fsp3) is 0.692. The van der Waals surface area contributed by atoms with E-state index >= 15 is 0 Å². The lowest BCUT2D eigenvalue weighted by Gasteiger charge is -2.20. The summed E-state index contributed by atoms with van der Waals surface area (Å²) in [7, 11) is 1.71. The van der Waals surface area contributed by atoms with Crippen molar-refractivity contribution >= 4 is 11.3 Å². The summed E-state index contributed by atoms with van der Waals surface area (Å²) in [5, 5.41) is 5.57. The summed E-state index contributed by atoms with van der Waals surface area (Å²) in [5.74, 6) is 0.955. The Balaban J connectivity index is 2.67. The number of hydrogen-bond donors (Lipinski definition) is 1. The molecule has 0 saturated carbocycles. The van der Waals surface area contributed by atoms with E-state index in [1.54, 1.807) is 18.4 Å². The Labute approximate surface area is 108 Å². The van der Waals surface area contributed by atoms with Crippen LogP contribution in [0.25, 0.3) is 0 Å². The third kappa shape index (κ3) is 4.66. The lowest BCUT2D eigenvalue weighted by Crippen LogP contribution is -2.27. The molecule has 0 fully saturated rings. The minimum atomic E-state index is 0.229. The highest BCUT2D eigenvalue weighted by Crippen LogP contribution is 2.31. The Kier molecular flexibility index (Phi) is 6.55. The Hall–Kier alpha value is -0.580. The summed E-state index contributed by atoms with van der Waals surface area (Å²) < 4.78 is 11.1. The Bertz CT molecular complexity index is 312. The maximum Gasteiger partial charge on any atom is 0.134 e. The summed E-state index contributed by atoms with van der Waals surface area (Å²) in [5.41, 5.74) is 0. The Morgan fingerprint density at radius 1 is 1.41 bits per heavy atom. The van der Waals surface area contributed by atoms with E-state index in [0.717, 1.165) is 18.7 Å². The van der Waals surface area contributed by atoms with Crippen molar-refractivity contribution in [3.8, 4) is 5.75 Å². The van der Waals surface area contributed by atoms with Crippen LogP contribution in [0.1, 0.15) is 38.1 Å². The van der Waals surface area contributed by atoms with Crippen molar-refractivity contribution in [1.29, 1.82) is 0 Å². The molecule has 0 aliphatic carbocycles. The van der Waals surface area contributed by atoms with Crippen molar-refractivity contribution in [2.24, 2.45) is 0 Å². The first kappa shape index (κ1) is 14.5. The van der Waals surface area contributed by atoms with Gasteiger partial charge in [0.1, 0.15) is 5.75 Å². The fourth-order valence-electron chi connectivity index (χ4n) is 1.57. The molecule has 1 rings (SSSR count). The van der Waals surface area contributed by atoms with Crippen molar-refractivity contribution in [2.45, 2.75) is 39.3 Å². The average molecular weight is 257 g/mol. The molecule has 1 N–H and O–H groups in total. The van der Waals surface area contributed by atoms with Gasteiger partial charge in [-0.15, -0.1) is 11.3 Å². The van der Waals surface area contributed by atoms with E-state index in [4.69, 9.17) is 9.47 Å². The zero-order chi connectivity index (χ0) is 12.7. The van der Waals surface area contributed by atoms with Crippen molar-refractivity contribution in [2.75, 3.05) is 20.3 Å². The first-order valence-corrected chi connectivity index (χ1v) is 7.03. The molecule has 98 valence electrons. The zero-order valence-electron chi connectivity index (χ0n) is 11.2. The predicted molar refractivity (Wildman–Crippen MR) is 73.0 cm³/mol. The van der Waals surface area contributed by atoms with Gasteiger partial charge in [0.25, 0.3) is 0 Å². The predicted octanol–water partition coefficient (Wildman–Crippen LogP) is 3.22. The van der Waals surface area contributed by atoms with Gasteiger partial charge in [0.05, 0.1) is 30.7 Å². The smallest absolute Gasteiger partial charge is 0.134 e. The first-order valence-electron chi connectivity index (χ1n) is 6.15. The van der Waals surface area contributed by atoms with E-state index in [1.165, 1.54) is 4.88 Å². The second-order valence-corrected chi connectivity index (χ2v) is 5.19. The summed E-state index contributed by atoms with van der Waals surface area (Å²) >= 11 is 1.72. The van der Waals surface area contributed by atoms with E-state index < -0.39 is 0 Å². The van der Waals surface area contributed by atoms with Gasteiger partial charge in [-0.1, -0.05) is 6.92 Å². The standard InChI is InChI=1S/C13H23NO2S/c1-5-7-14-11(9-16-10(2)3)13-12(15-4)6-8-17-13/h6,8,10-11,14H,5,7,9H2,1-4H3. The van der Waals surface area contributed by atoms with Crippen LogP contribution in [0.3, 0.4) is 0 Å². The minimum absolute atomic E-state index is 0.229. The van der Waals surface area contributed by atoms with Crippen LogP contribution in [-0.4, -0.2) is 26.4 Å². The van der Waals surface area contributed by atoms with Crippen LogP contribution in [0.2, 0.25) is 0 Å². The minimum Gasteiger partial charge on any atom is -0.496 e. The second-order valence-electron chi connectivity index (χ2n) is 4.24.